The van der Waals surface area contributed by atoms with Gasteiger partial charge in [-0.2, -0.15) is 0 Å². The molecule has 5 rings (SSSR count). The maximum atomic E-state index is 12.3. The highest BCUT2D eigenvalue weighted by atomic mass is 32.2. The highest BCUT2D eigenvalue weighted by Gasteiger charge is 2.24. The lowest BCUT2D eigenvalue weighted by Gasteiger charge is -2.32. The monoisotopic (exact) mass is 448 g/mol. The van der Waals surface area contributed by atoms with E-state index >= 15 is 0 Å². The molecule has 0 spiro atoms. The Labute approximate surface area is 184 Å². The molecule has 162 valence electrons. The number of sulfonamides is 1. The van der Waals surface area contributed by atoms with Gasteiger partial charge in [-0.3, -0.25) is 0 Å². The van der Waals surface area contributed by atoms with Crippen LogP contribution in [0.1, 0.15) is 11.1 Å². The minimum atomic E-state index is -3.75. The summed E-state index contributed by atoms with van der Waals surface area (Å²) in [5.41, 5.74) is 4.37. The van der Waals surface area contributed by atoms with Gasteiger partial charge in [0.25, 0.3) is 0 Å². The van der Waals surface area contributed by atoms with Gasteiger partial charge >= 0.3 is 5.63 Å². The number of anilines is 1. The number of rotatable bonds is 3. The van der Waals surface area contributed by atoms with Crippen LogP contribution in [0.3, 0.4) is 0 Å². The summed E-state index contributed by atoms with van der Waals surface area (Å²) in [5, 5.41) is 6.03. The Balaban J connectivity index is 1.60. The van der Waals surface area contributed by atoms with Gasteiger partial charge in [0.05, 0.1) is 4.90 Å². The minimum Gasteiger partial charge on any atom is -0.472 e. The summed E-state index contributed by atoms with van der Waals surface area (Å²) in [5.74, 6) is 0.697. The Hall–Kier alpha value is -3.62. The quantitative estimate of drug-likeness (QED) is 0.479. The van der Waals surface area contributed by atoms with E-state index in [4.69, 9.17) is 14.3 Å². The summed E-state index contributed by atoms with van der Waals surface area (Å²) in [4.78, 5) is 14.3. The molecule has 1 aromatic heterocycles. The van der Waals surface area contributed by atoms with E-state index in [1.807, 2.05) is 48.2 Å². The smallest absolute Gasteiger partial charge is 0.336 e. The third-order valence-electron chi connectivity index (χ3n) is 5.63. The standard InChI is InChI=1S/C24H20N2O5S/c1-15-23-17(13-26(14-30-23)18-7-9-19(10-8-18)32(25,28)29)11-21-20(12-22(27)31-24(15)21)16-5-3-2-4-6-16/h2-12H,13-14H2,1H3,(H2,25,28,29). The summed E-state index contributed by atoms with van der Waals surface area (Å²) >= 11 is 0. The Kier molecular flexibility index (Phi) is 4.76. The molecule has 1 aliphatic heterocycles. The molecule has 0 atom stereocenters. The number of benzene rings is 3. The fourth-order valence-corrected chi connectivity index (χ4v) is 4.61. The molecule has 1 aliphatic rings. The lowest BCUT2D eigenvalue weighted by Crippen LogP contribution is -2.32. The second-order valence-electron chi connectivity index (χ2n) is 7.72. The van der Waals surface area contributed by atoms with Gasteiger partial charge in [-0.25, -0.2) is 18.4 Å². The number of hydrogen-bond donors (Lipinski definition) is 1. The Morgan fingerprint density at radius 2 is 1.72 bits per heavy atom. The highest BCUT2D eigenvalue weighted by Crippen LogP contribution is 2.39. The topological polar surface area (TPSA) is 103 Å². The first-order chi connectivity index (χ1) is 15.3. The molecule has 4 aromatic rings. The van der Waals surface area contributed by atoms with E-state index in [2.05, 4.69) is 0 Å². The second kappa shape index (κ2) is 7.51. The van der Waals surface area contributed by atoms with Gasteiger partial charge in [-0.15, -0.1) is 0 Å². The van der Waals surface area contributed by atoms with Gasteiger partial charge in [0, 0.05) is 34.8 Å². The van der Waals surface area contributed by atoms with E-state index in [9.17, 15) is 13.2 Å². The molecule has 0 radical (unpaired) electrons. The van der Waals surface area contributed by atoms with Crippen molar-refractivity contribution in [3.8, 4) is 16.9 Å². The number of primary sulfonamides is 1. The zero-order valence-corrected chi connectivity index (χ0v) is 18.1. The van der Waals surface area contributed by atoms with Crippen LogP contribution in [0.15, 0.2) is 80.8 Å². The van der Waals surface area contributed by atoms with Crippen LogP contribution in [0.2, 0.25) is 0 Å². The molecule has 0 saturated heterocycles. The van der Waals surface area contributed by atoms with Gasteiger partial charge in [-0.05, 0) is 48.4 Å². The number of hydrogen-bond acceptors (Lipinski definition) is 6. The van der Waals surface area contributed by atoms with E-state index in [0.29, 0.717) is 17.9 Å². The Morgan fingerprint density at radius 3 is 2.41 bits per heavy atom. The van der Waals surface area contributed by atoms with Crippen molar-refractivity contribution >= 4 is 26.7 Å². The van der Waals surface area contributed by atoms with Crippen molar-refractivity contribution < 1.29 is 17.6 Å². The molecule has 7 nitrogen and oxygen atoms in total. The average Bonchev–Trinajstić information content (AvgIpc) is 2.79. The summed E-state index contributed by atoms with van der Waals surface area (Å²) in [6.45, 7) is 2.71. The number of aryl methyl sites for hydroxylation is 1. The van der Waals surface area contributed by atoms with Crippen molar-refractivity contribution in [3.63, 3.8) is 0 Å². The van der Waals surface area contributed by atoms with Crippen LogP contribution in [0.25, 0.3) is 22.1 Å². The average molecular weight is 449 g/mol. The van der Waals surface area contributed by atoms with Crippen molar-refractivity contribution in [2.45, 2.75) is 18.4 Å². The minimum absolute atomic E-state index is 0.0592. The van der Waals surface area contributed by atoms with Crippen molar-refractivity contribution in [1.29, 1.82) is 0 Å². The van der Waals surface area contributed by atoms with E-state index in [-0.39, 0.29) is 11.6 Å². The number of nitrogens with zero attached hydrogens (tertiary/aromatic N) is 1. The molecular weight excluding hydrogens is 428 g/mol. The molecule has 32 heavy (non-hydrogen) atoms. The molecule has 3 aromatic carbocycles. The van der Waals surface area contributed by atoms with Crippen LogP contribution >= 0.6 is 0 Å². The Bertz CT molecular complexity index is 1490. The molecular formula is C24H20N2O5S. The van der Waals surface area contributed by atoms with Crippen molar-refractivity contribution in [2.75, 3.05) is 11.6 Å². The van der Waals surface area contributed by atoms with Crippen LogP contribution in [-0.2, 0) is 16.6 Å². The summed E-state index contributed by atoms with van der Waals surface area (Å²) in [7, 11) is -3.75. The fraction of sp³-hybridized carbons (Fsp3) is 0.125. The molecule has 0 saturated carbocycles. The normalized spacial score (nSPS) is 13.6. The van der Waals surface area contributed by atoms with Crippen LogP contribution in [0.4, 0.5) is 5.69 Å². The van der Waals surface area contributed by atoms with Crippen molar-refractivity contribution in [3.05, 3.63) is 88.3 Å². The summed E-state index contributed by atoms with van der Waals surface area (Å²) < 4.78 is 34.6. The number of nitrogens with two attached hydrogens (primary N) is 1. The molecule has 0 unspecified atom stereocenters. The number of fused-ring (bicyclic) bond motifs is 2. The van der Waals surface area contributed by atoms with Gasteiger partial charge in [0.15, 0.2) is 6.73 Å². The summed E-state index contributed by atoms with van der Waals surface area (Å²) in [6.07, 6.45) is 0. The highest BCUT2D eigenvalue weighted by molar-refractivity contribution is 7.89. The zero-order valence-electron chi connectivity index (χ0n) is 17.2. The third-order valence-corrected chi connectivity index (χ3v) is 6.56. The lowest BCUT2D eigenvalue weighted by atomic mass is 9.97. The van der Waals surface area contributed by atoms with E-state index < -0.39 is 15.6 Å². The van der Waals surface area contributed by atoms with Crippen LogP contribution < -0.4 is 20.4 Å². The first kappa shape index (κ1) is 20.3. The molecule has 8 heteroatoms. The fourth-order valence-electron chi connectivity index (χ4n) is 4.09. The lowest BCUT2D eigenvalue weighted by molar-refractivity contribution is 0.287. The van der Waals surface area contributed by atoms with Gasteiger partial charge in [0.1, 0.15) is 11.3 Å². The molecule has 0 bridgehead atoms. The molecule has 2 N–H and O–H groups in total. The molecule has 0 fully saturated rings. The largest absolute Gasteiger partial charge is 0.472 e. The maximum Gasteiger partial charge on any atom is 0.336 e. The van der Waals surface area contributed by atoms with Crippen molar-refractivity contribution in [2.24, 2.45) is 5.14 Å². The third kappa shape index (κ3) is 3.53. The van der Waals surface area contributed by atoms with Gasteiger partial charge in [-0.1, -0.05) is 30.3 Å². The predicted octanol–water partition coefficient (Wildman–Crippen LogP) is 3.77. The second-order valence-corrected chi connectivity index (χ2v) is 9.28. The zero-order chi connectivity index (χ0) is 22.5. The molecule has 0 aliphatic carbocycles. The van der Waals surface area contributed by atoms with Crippen molar-refractivity contribution in [1.82, 2.24) is 0 Å². The SMILES string of the molecule is Cc1c2c(cc3c(-c4ccccc4)cc(=O)oc13)CN(c1ccc(S(N)(=O)=O)cc1)CO2. The Morgan fingerprint density at radius 1 is 1.00 bits per heavy atom. The van der Waals surface area contributed by atoms with E-state index in [1.165, 1.54) is 18.2 Å². The van der Waals surface area contributed by atoms with Crippen LogP contribution in [0, 0.1) is 6.92 Å². The number of ether oxygens (including phenoxy) is 1. The first-order valence-electron chi connectivity index (χ1n) is 9.97. The first-order valence-corrected chi connectivity index (χ1v) is 11.5. The van der Waals surface area contributed by atoms with Gasteiger partial charge in [0.2, 0.25) is 10.0 Å². The molecule has 2 heterocycles. The van der Waals surface area contributed by atoms with Crippen LogP contribution in [-0.4, -0.2) is 15.1 Å². The van der Waals surface area contributed by atoms with E-state index in [1.54, 1.807) is 12.1 Å². The van der Waals surface area contributed by atoms with E-state index in [0.717, 1.165) is 33.3 Å². The molecule has 0 amide bonds. The van der Waals surface area contributed by atoms with Crippen LogP contribution in [0.5, 0.6) is 5.75 Å². The summed E-state index contributed by atoms with van der Waals surface area (Å²) in [6, 6.07) is 19.6. The van der Waals surface area contributed by atoms with Gasteiger partial charge < -0.3 is 14.1 Å². The predicted molar refractivity (Wildman–Crippen MR) is 122 cm³/mol. The maximum absolute atomic E-state index is 12.3.